The molecule has 6 aromatic rings. The lowest BCUT2D eigenvalue weighted by Crippen LogP contribution is -2.16. The lowest BCUT2D eigenvalue weighted by Gasteiger charge is -2.28. The van der Waals surface area contributed by atoms with E-state index in [0.29, 0.717) is 50.4 Å². The standard InChI is InChI=1S/C66H84O4/c1-61(2,3)51-23-19-41(20-24-51)39-69-59-47-27-43-31-53(63(7,8)9)33-45(57(43)67)29-49-37-56(66(16,17)18)38-50(60(49)70-40-42-21-25-52(26-22-42)62(4,5)6)30-46-34-54(64(10,11)12)32-44(58(46)68)28-48(59)36-55(35-47)65(13,14)15/h19-26,31-38,67-68H,27-30,39-40H2,1-18H3. The molecule has 70 heavy (non-hydrogen) atoms. The van der Waals surface area contributed by atoms with Gasteiger partial charge in [-0.05, 0) is 122 Å². The van der Waals surface area contributed by atoms with Gasteiger partial charge in [-0.25, -0.2) is 0 Å². The Balaban J connectivity index is 1.51. The minimum Gasteiger partial charge on any atom is -0.507 e. The van der Waals surface area contributed by atoms with Gasteiger partial charge < -0.3 is 19.7 Å². The van der Waals surface area contributed by atoms with Gasteiger partial charge >= 0.3 is 0 Å². The lowest BCUT2D eigenvalue weighted by atomic mass is 9.79. The molecule has 4 heteroatoms. The minimum atomic E-state index is -0.197. The van der Waals surface area contributed by atoms with Crippen molar-refractivity contribution in [1.29, 1.82) is 0 Å². The van der Waals surface area contributed by atoms with Crippen LogP contribution in [0.5, 0.6) is 23.0 Å². The molecule has 0 atom stereocenters. The Kier molecular flexibility index (Phi) is 14.2. The second-order valence-corrected chi connectivity index (χ2v) is 26.7. The maximum Gasteiger partial charge on any atom is 0.126 e. The van der Waals surface area contributed by atoms with E-state index in [-0.39, 0.29) is 32.5 Å². The number of phenolic OH excluding ortho intramolecular Hbond substituents is 2. The van der Waals surface area contributed by atoms with Crippen LogP contribution < -0.4 is 9.47 Å². The van der Waals surface area contributed by atoms with Crippen LogP contribution in [0, 0.1) is 0 Å². The number of rotatable bonds is 6. The molecule has 0 aromatic heterocycles. The van der Waals surface area contributed by atoms with Gasteiger partial charge in [-0.3, -0.25) is 0 Å². The summed E-state index contributed by atoms with van der Waals surface area (Å²) in [5, 5.41) is 25.6. The molecule has 8 bridgehead atoms. The van der Waals surface area contributed by atoms with E-state index in [2.05, 4.69) is 222 Å². The fourth-order valence-electron chi connectivity index (χ4n) is 9.53. The van der Waals surface area contributed by atoms with Crippen LogP contribution in [0.2, 0.25) is 0 Å². The zero-order valence-corrected chi connectivity index (χ0v) is 46.2. The monoisotopic (exact) mass is 941 g/mol. The number of ether oxygens (including phenoxy) is 2. The van der Waals surface area contributed by atoms with Crippen molar-refractivity contribution < 1.29 is 19.7 Å². The number of phenols is 2. The molecule has 0 spiro atoms. The number of hydrogen-bond acceptors (Lipinski definition) is 4. The molecule has 0 radical (unpaired) electrons. The van der Waals surface area contributed by atoms with Crippen molar-refractivity contribution in [3.8, 4) is 23.0 Å². The van der Waals surface area contributed by atoms with E-state index in [1.54, 1.807) is 0 Å². The molecular weight excluding hydrogens is 857 g/mol. The zero-order chi connectivity index (χ0) is 51.5. The van der Waals surface area contributed by atoms with Crippen LogP contribution in [0.15, 0.2) is 97.1 Å². The Bertz CT molecular complexity index is 2550. The van der Waals surface area contributed by atoms with E-state index < -0.39 is 0 Å². The maximum absolute atomic E-state index is 12.8. The Morgan fingerprint density at radius 2 is 0.500 bits per heavy atom. The summed E-state index contributed by atoms with van der Waals surface area (Å²) in [6.07, 6.45) is 1.83. The molecule has 0 amide bonds. The van der Waals surface area contributed by atoms with Gasteiger partial charge in [0.1, 0.15) is 36.2 Å². The van der Waals surface area contributed by atoms with Gasteiger partial charge in [0.2, 0.25) is 0 Å². The molecule has 1 aliphatic carbocycles. The van der Waals surface area contributed by atoms with Gasteiger partial charge in [0.15, 0.2) is 0 Å². The van der Waals surface area contributed by atoms with Crippen LogP contribution in [0.25, 0.3) is 0 Å². The van der Waals surface area contributed by atoms with Crippen LogP contribution in [0.4, 0.5) is 0 Å². The van der Waals surface area contributed by atoms with Crippen molar-refractivity contribution in [2.24, 2.45) is 0 Å². The largest absolute Gasteiger partial charge is 0.507 e. The van der Waals surface area contributed by atoms with E-state index in [0.717, 1.165) is 78.3 Å². The first-order valence-corrected chi connectivity index (χ1v) is 25.7. The molecule has 0 saturated heterocycles. The van der Waals surface area contributed by atoms with E-state index in [4.69, 9.17) is 9.47 Å². The van der Waals surface area contributed by atoms with E-state index >= 15 is 0 Å². The third-order valence-corrected chi connectivity index (χ3v) is 14.4. The third-order valence-electron chi connectivity index (χ3n) is 14.4. The van der Waals surface area contributed by atoms with Gasteiger partial charge in [0.05, 0.1) is 0 Å². The Morgan fingerprint density at radius 1 is 0.300 bits per heavy atom. The summed E-state index contributed by atoms with van der Waals surface area (Å²) in [7, 11) is 0. The smallest absolute Gasteiger partial charge is 0.126 e. The average Bonchev–Trinajstić information content (AvgIpc) is 3.23. The summed E-state index contributed by atoms with van der Waals surface area (Å²) >= 11 is 0. The fourth-order valence-corrected chi connectivity index (χ4v) is 9.53. The number of benzene rings is 6. The summed E-state index contributed by atoms with van der Waals surface area (Å²) in [6, 6.07) is 35.6. The Hall–Kier alpha value is -5.48. The van der Waals surface area contributed by atoms with Crippen molar-refractivity contribution in [2.45, 2.75) is 196 Å². The molecular formula is C66H84O4. The predicted molar refractivity (Wildman–Crippen MR) is 294 cm³/mol. The molecule has 4 nitrogen and oxygen atoms in total. The molecule has 372 valence electrons. The van der Waals surface area contributed by atoms with Crippen LogP contribution in [-0.2, 0) is 71.4 Å². The summed E-state index contributed by atoms with van der Waals surface area (Å²) in [5.74, 6) is 2.21. The highest BCUT2D eigenvalue weighted by Gasteiger charge is 2.29. The second-order valence-electron chi connectivity index (χ2n) is 26.7. The quantitative estimate of drug-likeness (QED) is 0.174. The first kappa shape index (κ1) is 52.3. The average molecular weight is 941 g/mol. The normalized spacial score (nSPS) is 13.9. The molecule has 2 N–H and O–H groups in total. The van der Waals surface area contributed by atoms with Gasteiger partial charge in [-0.2, -0.15) is 0 Å². The van der Waals surface area contributed by atoms with Crippen LogP contribution in [0.1, 0.15) is 214 Å². The molecule has 0 saturated carbocycles. The first-order chi connectivity index (χ1) is 32.3. The number of hydrogen-bond donors (Lipinski definition) is 2. The van der Waals surface area contributed by atoms with Crippen LogP contribution >= 0.6 is 0 Å². The van der Waals surface area contributed by atoms with Crippen molar-refractivity contribution >= 4 is 0 Å². The fraction of sp³-hybridized carbons (Fsp3) is 0.455. The zero-order valence-electron chi connectivity index (χ0n) is 46.2. The van der Waals surface area contributed by atoms with Crippen molar-refractivity contribution in [3.63, 3.8) is 0 Å². The highest BCUT2D eigenvalue weighted by molar-refractivity contribution is 5.59. The van der Waals surface area contributed by atoms with Crippen molar-refractivity contribution in [1.82, 2.24) is 0 Å². The number of aromatic hydroxyl groups is 2. The van der Waals surface area contributed by atoms with Gasteiger partial charge in [-0.15, -0.1) is 0 Å². The molecule has 1 aliphatic rings. The van der Waals surface area contributed by atoms with E-state index in [1.807, 2.05) is 0 Å². The topological polar surface area (TPSA) is 58.9 Å². The highest BCUT2D eigenvalue weighted by atomic mass is 16.5. The molecule has 0 aliphatic heterocycles. The number of fused-ring (bicyclic) bond motifs is 8. The summed E-state index contributed by atoms with van der Waals surface area (Å²) < 4.78 is 14.2. The van der Waals surface area contributed by atoms with Crippen molar-refractivity contribution in [3.05, 3.63) is 186 Å². The van der Waals surface area contributed by atoms with Gasteiger partial charge in [-0.1, -0.05) is 222 Å². The molecule has 7 rings (SSSR count). The second kappa shape index (κ2) is 18.9. The molecule has 6 aromatic carbocycles. The van der Waals surface area contributed by atoms with Gasteiger partial charge in [0.25, 0.3) is 0 Å². The van der Waals surface area contributed by atoms with E-state index in [9.17, 15) is 10.2 Å². The Morgan fingerprint density at radius 3 is 0.700 bits per heavy atom. The molecule has 0 heterocycles. The van der Waals surface area contributed by atoms with E-state index in [1.165, 1.54) is 22.3 Å². The van der Waals surface area contributed by atoms with Crippen LogP contribution in [-0.4, -0.2) is 10.2 Å². The molecule has 0 fully saturated rings. The van der Waals surface area contributed by atoms with Crippen molar-refractivity contribution in [2.75, 3.05) is 0 Å². The van der Waals surface area contributed by atoms with Gasteiger partial charge in [0, 0.05) is 25.7 Å². The SMILES string of the molecule is CC(C)(C)c1ccc(COc2c3cc(C(C)(C)C)cc2Cc2cc(C(C)(C)C)cc(c2O)Cc2cc(C(C)(C)C)cc(c2OCc2ccc(C(C)(C)C)cc2)Cc2cc(C(C)(C)C)cc(c2O)C3)cc1. The Labute approximate surface area is 422 Å². The summed E-state index contributed by atoms with van der Waals surface area (Å²) in [5.41, 5.74) is 16.2. The summed E-state index contributed by atoms with van der Waals surface area (Å²) in [4.78, 5) is 0. The molecule has 0 unspecified atom stereocenters. The van der Waals surface area contributed by atoms with Crippen LogP contribution in [0.3, 0.4) is 0 Å². The first-order valence-electron chi connectivity index (χ1n) is 25.7. The summed E-state index contributed by atoms with van der Waals surface area (Å²) in [6.45, 7) is 41.2. The highest BCUT2D eigenvalue weighted by Crippen LogP contribution is 2.44. The predicted octanol–water partition coefficient (Wildman–Crippen LogP) is 16.7. The third kappa shape index (κ3) is 12.0. The lowest BCUT2D eigenvalue weighted by molar-refractivity contribution is 0.299. The maximum atomic E-state index is 12.8. The minimum absolute atomic E-state index is 0.0400.